The highest BCUT2D eigenvalue weighted by molar-refractivity contribution is 7.93. The smallest absolute Gasteiger partial charge is 0.291 e. The Bertz CT molecular complexity index is 1850. The van der Waals surface area contributed by atoms with Crippen LogP contribution in [-0.4, -0.2) is 62.4 Å². The number of amides is 2. The molecule has 3 N–H and O–H groups in total. The van der Waals surface area contributed by atoms with Crippen molar-refractivity contribution < 1.29 is 27.1 Å². The van der Waals surface area contributed by atoms with Crippen molar-refractivity contribution in [3.8, 4) is 11.8 Å². The van der Waals surface area contributed by atoms with Gasteiger partial charge in [0.1, 0.15) is 5.82 Å². The molecule has 3 rings (SSSR count). The zero-order valence-corrected chi connectivity index (χ0v) is 35.0. The van der Waals surface area contributed by atoms with Gasteiger partial charge in [-0.1, -0.05) is 59.4 Å². The maximum Gasteiger partial charge on any atom is 0.291 e. The number of nitrogens with one attached hydrogen (secondary N) is 1. The fourth-order valence-corrected chi connectivity index (χ4v) is 8.46. The zero-order chi connectivity index (χ0) is 38.3. The minimum atomic E-state index is -2.94. The van der Waals surface area contributed by atoms with Crippen LogP contribution in [0.2, 0.25) is 36.3 Å². The molecule has 0 radical (unpaired) electrons. The van der Waals surface area contributed by atoms with E-state index in [4.69, 9.17) is 19.0 Å². The van der Waals surface area contributed by atoms with E-state index in [1.54, 1.807) is 37.3 Å². The summed E-state index contributed by atoms with van der Waals surface area (Å²) in [7, 11) is -6.92. The molecule has 0 saturated heterocycles. The summed E-state index contributed by atoms with van der Waals surface area (Å²) in [6, 6.07) is 10.3. The Balaban J connectivity index is 1.81. The second-order valence-corrected chi connectivity index (χ2v) is 28.0. The Morgan fingerprint density at radius 1 is 0.941 bits per heavy atom. The van der Waals surface area contributed by atoms with Gasteiger partial charge in [0, 0.05) is 47.7 Å². The molecule has 1 aromatic carbocycles. The highest BCUT2D eigenvalue weighted by Gasteiger charge is 2.38. The average Bonchev–Trinajstić information content (AvgIpc) is 3.46. The SMILES string of the molecule is Cc1ccoc1C(=O)Nc1cccc(C#Cc2cc(C(=O)N=S(=O)(CCCO[Si](C)(C)C(C)(C)C)CCCO[Si](C)(C)C(C)(C)C)cnc2N)c1. The Kier molecular flexibility index (Phi) is 13.8. The predicted octanol–water partition coefficient (Wildman–Crippen LogP) is 8.65. The lowest BCUT2D eigenvalue weighted by Gasteiger charge is -2.36. The molecule has 2 heterocycles. The number of carbonyl (C=O) groups excluding carboxylic acids is 2. The van der Waals surface area contributed by atoms with Crippen LogP contribution in [-0.2, 0) is 18.6 Å². The molecule has 0 aliphatic heterocycles. The fourth-order valence-electron chi connectivity index (χ4n) is 4.35. The number of anilines is 2. The number of benzene rings is 1. The number of hydrogen-bond donors (Lipinski definition) is 2. The summed E-state index contributed by atoms with van der Waals surface area (Å²) in [6.45, 7) is 24.5. The van der Waals surface area contributed by atoms with Gasteiger partial charge in [0.2, 0.25) is 0 Å². The standard InChI is InChI=1S/C38H56N4O6SSi2/c1-28-19-22-46-33(28)36(44)41-32-16-12-15-29(25-32)17-18-30-26-31(27-40-34(30)39)35(43)42-49(45,23-13-20-47-50(8,9)37(2,3)4)24-14-21-48-51(10,11)38(5,6)7/h12,15-16,19,22,25-27H,13-14,20-21,23-24H2,1-11H3,(H2,39,40)(H,41,44). The highest BCUT2D eigenvalue weighted by atomic mass is 32.2. The van der Waals surface area contributed by atoms with Crippen LogP contribution in [0, 0.1) is 18.8 Å². The molecule has 0 aliphatic carbocycles. The van der Waals surface area contributed by atoms with Gasteiger partial charge < -0.3 is 24.3 Å². The van der Waals surface area contributed by atoms with E-state index in [0.717, 1.165) is 5.56 Å². The first kappa shape index (κ1) is 41.9. The van der Waals surface area contributed by atoms with Crippen molar-refractivity contribution in [3.05, 3.63) is 76.9 Å². The van der Waals surface area contributed by atoms with Crippen LogP contribution in [0.3, 0.4) is 0 Å². The molecule has 51 heavy (non-hydrogen) atoms. The van der Waals surface area contributed by atoms with Crippen molar-refractivity contribution in [1.82, 2.24) is 4.98 Å². The maximum absolute atomic E-state index is 14.3. The van der Waals surface area contributed by atoms with Crippen molar-refractivity contribution in [2.45, 2.75) is 97.6 Å². The molecule has 3 aromatic rings. The summed E-state index contributed by atoms with van der Waals surface area (Å²) in [6.07, 6.45) is 3.83. The number of nitrogen functional groups attached to an aromatic ring is 1. The first-order valence-corrected chi connectivity index (χ1v) is 25.0. The number of rotatable bonds is 13. The lowest BCUT2D eigenvalue weighted by Crippen LogP contribution is -2.41. The number of hydrogen-bond acceptors (Lipinski definition) is 8. The number of aryl methyl sites for hydroxylation is 1. The van der Waals surface area contributed by atoms with Crippen molar-refractivity contribution in [2.75, 3.05) is 35.8 Å². The molecular weight excluding hydrogens is 697 g/mol. The molecular formula is C38H56N4O6SSi2. The van der Waals surface area contributed by atoms with Crippen molar-refractivity contribution in [3.63, 3.8) is 0 Å². The first-order valence-electron chi connectivity index (χ1n) is 17.3. The van der Waals surface area contributed by atoms with Crippen LogP contribution in [0.15, 0.2) is 57.6 Å². The largest absolute Gasteiger partial charge is 0.459 e. The van der Waals surface area contributed by atoms with Crippen LogP contribution in [0.4, 0.5) is 11.5 Å². The Morgan fingerprint density at radius 3 is 2.06 bits per heavy atom. The molecule has 0 aliphatic rings. The number of nitrogens with zero attached hydrogens (tertiary/aromatic N) is 2. The fraction of sp³-hybridized carbons (Fsp3) is 0.500. The van der Waals surface area contributed by atoms with E-state index in [-0.39, 0.29) is 44.6 Å². The Morgan fingerprint density at radius 2 is 1.53 bits per heavy atom. The van der Waals surface area contributed by atoms with Gasteiger partial charge in [0.05, 0.1) is 27.1 Å². The number of carbonyl (C=O) groups is 2. The van der Waals surface area contributed by atoms with Crippen LogP contribution in [0.25, 0.3) is 0 Å². The first-order chi connectivity index (χ1) is 23.5. The number of pyridine rings is 1. The monoisotopic (exact) mass is 752 g/mol. The minimum Gasteiger partial charge on any atom is -0.459 e. The highest BCUT2D eigenvalue weighted by Crippen LogP contribution is 2.37. The van der Waals surface area contributed by atoms with Gasteiger partial charge in [-0.15, -0.1) is 0 Å². The lowest BCUT2D eigenvalue weighted by atomic mass is 10.1. The number of furan rings is 1. The molecule has 10 nitrogen and oxygen atoms in total. The summed E-state index contributed by atoms with van der Waals surface area (Å²) in [5, 5.41) is 2.92. The van der Waals surface area contributed by atoms with Gasteiger partial charge in [0.15, 0.2) is 22.4 Å². The summed E-state index contributed by atoms with van der Waals surface area (Å²) in [4.78, 5) is 30.3. The molecule has 0 atom stereocenters. The molecule has 0 fully saturated rings. The molecule has 2 aromatic heterocycles. The summed E-state index contributed by atoms with van der Waals surface area (Å²) in [5.74, 6) is 5.85. The predicted molar refractivity (Wildman–Crippen MR) is 213 cm³/mol. The lowest BCUT2D eigenvalue weighted by molar-refractivity contribution is 0.0991. The van der Waals surface area contributed by atoms with Gasteiger partial charge in [0.25, 0.3) is 11.8 Å². The summed E-state index contributed by atoms with van der Waals surface area (Å²) in [5.41, 5.74) is 8.48. The molecule has 0 saturated carbocycles. The van der Waals surface area contributed by atoms with E-state index in [1.165, 1.54) is 18.5 Å². The van der Waals surface area contributed by atoms with Crippen LogP contribution in [0.1, 0.15) is 92.0 Å². The van der Waals surface area contributed by atoms with Crippen LogP contribution >= 0.6 is 0 Å². The van der Waals surface area contributed by atoms with Gasteiger partial charge in [-0.25, -0.2) is 9.19 Å². The normalized spacial score (nSPS) is 12.6. The third-order valence-corrected chi connectivity index (χ3v) is 21.1. The Labute approximate surface area is 307 Å². The minimum absolute atomic E-state index is 0.0525. The van der Waals surface area contributed by atoms with Crippen molar-refractivity contribution in [1.29, 1.82) is 0 Å². The van der Waals surface area contributed by atoms with Gasteiger partial charge in [-0.3, -0.25) is 9.59 Å². The van der Waals surface area contributed by atoms with E-state index in [0.29, 0.717) is 42.9 Å². The van der Waals surface area contributed by atoms with Crippen molar-refractivity contribution >= 4 is 49.7 Å². The number of nitrogens with two attached hydrogens (primary N) is 1. The molecule has 2 amide bonds. The summed E-state index contributed by atoms with van der Waals surface area (Å²) >= 11 is 0. The van der Waals surface area contributed by atoms with E-state index < -0.39 is 32.3 Å². The quantitative estimate of drug-likeness (QED) is 0.100. The van der Waals surface area contributed by atoms with Gasteiger partial charge in [-0.05, 0) is 86.4 Å². The molecule has 0 bridgehead atoms. The summed E-state index contributed by atoms with van der Waals surface area (Å²) < 4.78 is 36.6. The van der Waals surface area contributed by atoms with E-state index >= 15 is 0 Å². The van der Waals surface area contributed by atoms with Crippen LogP contribution in [0.5, 0.6) is 0 Å². The third kappa shape index (κ3) is 12.0. The van der Waals surface area contributed by atoms with Crippen LogP contribution < -0.4 is 11.1 Å². The van der Waals surface area contributed by atoms with E-state index in [9.17, 15) is 13.8 Å². The third-order valence-electron chi connectivity index (χ3n) is 9.70. The Hall–Kier alpha value is -3.55. The van der Waals surface area contributed by atoms with Gasteiger partial charge in [-0.2, -0.15) is 4.36 Å². The second kappa shape index (κ2) is 16.9. The topological polar surface area (TPSA) is 146 Å². The second-order valence-electron chi connectivity index (χ2n) is 15.9. The molecule has 0 unspecified atom stereocenters. The van der Waals surface area contributed by atoms with E-state index in [2.05, 4.69) is 94.2 Å². The number of aromatic nitrogens is 1. The molecule has 13 heteroatoms. The molecule has 278 valence electrons. The average molecular weight is 753 g/mol. The maximum atomic E-state index is 14.3. The van der Waals surface area contributed by atoms with Gasteiger partial charge >= 0.3 is 0 Å². The van der Waals surface area contributed by atoms with E-state index in [1.807, 2.05) is 0 Å². The molecule has 0 spiro atoms. The zero-order valence-electron chi connectivity index (χ0n) is 32.2. The van der Waals surface area contributed by atoms with Crippen molar-refractivity contribution in [2.24, 2.45) is 4.36 Å².